The van der Waals surface area contributed by atoms with E-state index in [1.165, 1.54) is 0 Å². The van der Waals surface area contributed by atoms with Crippen molar-refractivity contribution in [2.24, 2.45) is 0 Å². The fourth-order valence-electron chi connectivity index (χ4n) is 2.85. The van der Waals surface area contributed by atoms with Gasteiger partial charge in [0.1, 0.15) is 0 Å². The molecule has 1 atom stereocenters. The third-order valence-electron chi connectivity index (χ3n) is 4.24. The van der Waals surface area contributed by atoms with Crippen LogP contribution < -0.4 is 9.47 Å². The first-order valence-corrected chi connectivity index (χ1v) is 9.36. The fraction of sp³-hybridized carbons (Fsp3) is 0.562. The number of hydrogen-bond donors (Lipinski definition) is 0. The van der Waals surface area contributed by atoms with Crippen LogP contribution in [0.25, 0.3) is 0 Å². The Morgan fingerprint density at radius 3 is 2.61 bits per heavy atom. The van der Waals surface area contributed by atoms with Crippen LogP contribution in [0, 0.1) is 0 Å². The van der Waals surface area contributed by atoms with Crippen LogP contribution in [0.3, 0.4) is 0 Å². The highest BCUT2D eigenvalue weighted by atomic mass is 32.2. The molecule has 0 radical (unpaired) electrons. The van der Waals surface area contributed by atoms with Crippen molar-refractivity contribution < 1.29 is 22.7 Å². The quantitative estimate of drug-likeness (QED) is 0.779. The molecule has 0 saturated carbocycles. The number of methoxy groups -OCH3 is 2. The SMILES string of the molecule is COc1cccc(CCC(=O)N(C)C2CCS(=O)(=O)C2)c1OC. The highest BCUT2D eigenvalue weighted by Crippen LogP contribution is 2.31. The Morgan fingerprint density at radius 2 is 2.04 bits per heavy atom. The molecule has 0 aliphatic carbocycles. The summed E-state index contributed by atoms with van der Waals surface area (Å²) in [6.45, 7) is 0. The smallest absolute Gasteiger partial charge is 0.222 e. The minimum absolute atomic E-state index is 0.0584. The lowest BCUT2D eigenvalue weighted by atomic mass is 10.1. The summed E-state index contributed by atoms with van der Waals surface area (Å²) in [6.07, 6.45) is 1.34. The first-order valence-electron chi connectivity index (χ1n) is 7.54. The van der Waals surface area contributed by atoms with Gasteiger partial charge in [-0.3, -0.25) is 4.79 Å². The summed E-state index contributed by atoms with van der Waals surface area (Å²) in [5.41, 5.74) is 0.896. The van der Waals surface area contributed by atoms with Crippen molar-refractivity contribution >= 4 is 15.7 Å². The molecule has 128 valence electrons. The maximum Gasteiger partial charge on any atom is 0.222 e. The highest BCUT2D eigenvalue weighted by Gasteiger charge is 2.32. The van der Waals surface area contributed by atoms with E-state index in [2.05, 4.69) is 0 Å². The number of carbonyl (C=O) groups excluding carboxylic acids is 1. The monoisotopic (exact) mass is 341 g/mol. The van der Waals surface area contributed by atoms with Crippen LogP contribution in [0.5, 0.6) is 11.5 Å². The van der Waals surface area contributed by atoms with E-state index in [1.807, 2.05) is 12.1 Å². The summed E-state index contributed by atoms with van der Waals surface area (Å²) < 4.78 is 33.7. The molecule has 1 aromatic rings. The van der Waals surface area contributed by atoms with Gasteiger partial charge in [0.05, 0.1) is 25.7 Å². The van der Waals surface area contributed by atoms with Gasteiger partial charge in [0, 0.05) is 19.5 Å². The molecule has 23 heavy (non-hydrogen) atoms. The number of benzene rings is 1. The van der Waals surface area contributed by atoms with Crippen LogP contribution in [0.4, 0.5) is 0 Å². The molecular formula is C16H23NO5S. The predicted molar refractivity (Wildman–Crippen MR) is 87.7 cm³/mol. The molecule has 1 aliphatic rings. The lowest BCUT2D eigenvalue weighted by Crippen LogP contribution is -2.37. The summed E-state index contributed by atoms with van der Waals surface area (Å²) >= 11 is 0. The average molecular weight is 341 g/mol. The van der Waals surface area contributed by atoms with Crippen molar-refractivity contribution in [2.75, 3.05) is 32.8 Å². The second-order valence-electron chi connectivity index (χ2n) is 5.71. The number of aryl methyl sites for hydroxylation is 1. The van der Waals surface area contributed by atoms with Gasteiger partial charge in [0.2, 0.25) is 5.91 Å². The second kappa shape index (κ2) is 7.21. The van der Waals surface area contributed by atoms with Crippen molar-refractivity contribution in [1.29, 1.82) is 0 Å². The Labute approximate surface area is 137 Å². The summed E-state index contributed by atoms with van der Waals surface area (Å²) in [4.78, 5) is 13.9. The zero-order chi connectivity index (χ0) is 17.0. The van der Waals surface area contributed by atoms with Gasteiger partial charge >= 0.3 is 0 Å². The molecule has 1 fully saturated rings. The Morgan fingerprint density at radius 1 is 1.30 bits per heavy atom. The topological polar surface area (TPSA) is 72.9 Å². The Bertz CT molecular complexity index is 671. The number of nitrogens with zero attached hydrogens (tertiary/aromatic N) is 1. The fourth-order valence-corrected chi connectivity index (χ4v) is 4.63. The lowest BCUT2D eigenvalue weighted by Gasteiger charge is -2.23. The predicted octanol–water partition coefficient (Wildman–Crippen LogP) is 1.28. The third-order valence-corrected chi connectivity index (χ3v) is 5.99. The van der Waals surface area contributed by atoms with Crippen molar-refractivity contribution in [1.82, 2.24) is 4.90 Å². The third kappa shape index (κ3) is 4.16. The summed E-state index contributed by atoms with van der Waals surface area (Å²) in [7, 11) is 1.82. The van der Waals surface area contributed by atoms with Crippen molar-refractivity contribution in [3.63, 3.8) is 0 Å². The molecule has 1 amide bonds. The van der Waals surface area contributed by atoms with Crippen LogP contribution in [-0.2, 0) is 21.1 Å². The summed E-state index contributed by atoms with van der Waals surface area (Å²) in [6, 6.07) is 5.35. The average Bonchev–Trinajstić information content (AvgIpc) is 2.91. The maximum absolute atomic E-state index is 12.3. The van der Waals surface area contributed by atoms with Crippen LogP contribution >= 0.6 is 0 Å². The van der Waals surface area contributed by atoms with Gasteiger partial charge in [0.25, 0.3) is 0 Å². The molecule has 2 rings (SSSR count). The summed E-state index contributed by atoms with van der Waals surface area (Å²) in [5.74, 6) is 1.44. The number of hydrogen-bond acceptors (Lipinski definition) is 5. The molecule has 1 heterocycles. The minimum atomic E-state index is -2.99. The van der Waals surface area contributed by atoms with E-state index < -0.39 is 9.84 Å². The van der Waals surface area contributed by atoms with E-state index in [0.29, 0.717) is 30.8 Å². The number of sulfone groups is 1. The zero-order valence-electron chi connectivity index (χ0n) is 13.7. The maximum atomic E-state index is 12.3. The molecule has 1 aliphatic heterocycles. The van der Waals surface area contributed by atoms with Gasteiger partial charge in [-0.05, 0) is 24.5 Å². The Kier molecular flexibility index (Phi) is 5.51. The molecule has 7 heteroatoms. The number of para-hydroxylation sites is 1. The largest absolute Gasteiger partial charge is 0.493 e. The van der Waals surface area contributed by atoms with Crippen molar-refractivity contribution in [3.05, 3.63) is 23.8 Å². The van der Waals surface area contributed by atoms with E-state index in [0.717, 1.165) is 5.56 Å². The number of ether oxygens (including phenoxy) is 2. The number of amides is 1. The van der Waals surface area contributed by atoms with E-state index in [-0.39, 0.29) is 23.5 Å². The number of carbonyl (C=O) groups is 1. The van der Waals surface area contributed by atoms with Crippen LogP contribution in [-0.4, -0.2) is 58.0 Å². The molecule has 0 N–H and O–H groups in total. The van der Waals surface area contributed by atoms with Gasteiger partial charge in [-0.2, -0.15) is 0 Å². The molecule has 1 saturated heterocycles. The van der Waals surface area contributed by atoms with Gasteiger partial charge in [-0.15, -0.1) is 0 Å². The lowest BCUT2D eigenvalue weighted by molar-refractivity contribution is -0.131. The molecule has 6 nitrogen and oxygen atoms in total. The molecular weight excluding hydrogens is 318 g/mol. The minimum Gasteiger partial charge on any atom is -0.493 e. The van der Waals surface area contributed by atoms with Crippen LogP contribution in [0.2, 0.25) is 0 Å². The molecule has 1 unspecified atom stereocenters. The van der Waals surface area contributed by atoms with Crippen LogP contribution in [0.1, 0.15) is 18.4 Å². The first-order chi connectivity index (χ1) is 10.9. The van der Waals surface area contributed by atoms with Crippen LogP contribution in [0.15, 0.2) is 18.2 Å². The van der Waals surface area contributed by atoms with E-state index in [9.17, 15) is 13.2 Å². The van der Waals surface area contributed by atoms with Gasteiger partial charge < -0.3 is 14.4 Å². The molecule has 0 spiro atoms. The van der Waals surface area contributed by atoms with E-state index in [4.69, 9.17) is 9.47 Å². The molecule has 0 bridgehead atoms. The molecule has 1 aromatic carbocycles. The Hall–Kier alpha value is -1.76. The van der Waals surface area contributed by atoms with Gasteiger partial charge in [-0.25, -0.2) is 8.42 Å². The summed E-state index contributed by atoms with van der Waals surface area (Å²) in [5, 5.41) is 0. The second-order valence-corrected chi connectivity index (χ2v) is 7.94. The van der Waals surface area contributed by atoms with Crippen molar-refractivity contribution in [2.45, 2.75) is 25.3 Å². The van der Waals surface area contributed by atoms with Gasteiger partial charge in [0.15, 0.2) is 21.3 Å². The van der Waals surface area contributed by atoms with E-state index >= 15 is 0 Å². The first kappa shape index (κ1) is 17.6. The molecule has 0 aromatic heterocycles. The standard InChI is InChI=1S/C16H23NO5S/c1-17(13-9-10-23(19,20)11-13)15(18)8-7-12-5-4-6-14(21-2)16(12)22-3/h4-6,13H,7-11H2,1-3H3. The zero-order valence-corrected chi connectivity index (χ0v) is 14.6. The Balaban J connectivity index is 1.99. The highest BCUT2D eigenvalue weighted by molar-refractivity contribution is 7.91. The van der Waals surface area contributed by atoms with Gasteiger partial charge in [-0.1, -0.05) is 12.1 Å². The number of rotatable bonds is 6. The van der Waals surface area contributed by atoms with Crippen molar-refractivity contribution in [3.8, 4) is 11.5 Å². The normalized spacial score (nSPS) is 19.3. The van der Waals surface area contributed by atoms with E-state index in [1.54, 1.807) is 32.2 Å².